The summed E-state index contributed by atoms with van der Waals surface area (Å²) in [6.07, 6.45) is 0.886. The summed E-state index contributed by atoms with van der Waals surface area (Å²) in [5, 5.41) is 0. The van der Waals surface area contributed by atoms with Crippen molar-refractivity contribution in [2.45, 2.75) is 58.7 Å². The van der Waals surface area contributed by atoms with Gasteiger partial charge in [0.1, 0.15) is 18.0 Å². The first-order chi connectivity index (χ1) is 14.6. The third-order valence-electron chi connectivity index (χ3n) is 5.62. The molecule has 1 fully saturated rings. The molecule has 178 valence electrons. The molecule has 0 N–H and O–H groups in total. The molecule has 2 aliphatic rings. The topological polar surface area (TPSA) is 85.4 Å². The first kappa shape index (κ1) is 25.8. The first-order valence-electron chi connectivity index (χ1n) is 10.7. The Hall–Kier alpha value is -2.42. The number of piperidine rings is 1. The number of benzene rings is 1. The van der Waals surface area contributed by atoms with Gasteiger partial charge in [-0.1, -0.05) is 6.07 Å². The highest BCUT2D eigenvalue weighted by atomic mass is 32.1. The number of ether oxygens (including phenoxy) is 3. The van der Waals surface area contributed by atoms with E-state index in [0.717, 1.165) is 5.56 Å². The van der Waals surface area contributed by atoms with Gasteiger partial charge in [-0.15, -0.1) is 0 Å². The number of likely N-dealkylation sites (tertiary alicyclic amines) is 1. The molecule has 2 amide bonds. The third-order valence-corrected chi connectivity index (χ3v) is 5.62. The van der Waals surface area contributed by atoms with Gasteiger partial charge in [0.15, 0.2) is 0 Å². The number of carbonyl (C=O) groups excluding carboxylic acids is 3. The van der Waals surface area contributed by atoms with E-state index < -0.39 is 11.6 Å². The minimum atomic E-state index is -0.535. The summed E-state index contributed by atoms with van der Waals surface area (Å²) in [5.74, 6) is 0.111. The van der Waals surface area contributed by atoms with Crippen LogP contribution in [-0.4, -0.2) is 66.2 Å². The average Bonchev–Trinajstić information content (AvgIpc) is 2.90. The van der Waals surface area contributed by atoms with E-state index in [0.29, 0.717) is 50.4 Å². The largest absolute Gasteiger partial charge is 0.491 e. The molecule has 0 bridgehead atoms. The average molecular weight is 467 g/mol. The maximum absolute atomic E-state index is 13.3. The molecular weight excluding hydrogens is 432 g/mol. The normalized spacial score (nSPS) is 19.1. The van der Waals surface area contributed by atoms with E-state index in [1.54, 1.807) is 17.0 Å². The van der Waals surface area contributed by atoms with Crippen LogP contribution in [0.2, 0.25) is 0 Å². The van der Waals surface area contributed by atoms with Gasteiger partial charge >= 0.3 is 12.1 Å². The van der Waals surface area contributed by atoms with Crippen LogP contribution < -0.4 is 4.74 Å². The van der Waals surface area contributed by atoms with Crippen LogP contribution in [0.5, 0.6) is 5.75 Å². The zero-order valence-electron chi connectivity index (χ0n) is 19.5. The van der Waals surface area contributed by atoms with Gasteiger partial charge < -0.3 is 24.0 Å². The highest BCUT2D eigenvalue weighted by molar-refractivity contribution is 7.59. The molecule has 8 nitrogen and oxygen atoms in total. The summed E-state index contributed by atoms with van der Waals surface area (Å²) in [4.78, 5) is 40.9. The highest BCUT2D eigenvalue weighted by Gasteiger charge is 2.35. The number of carbonyl (C=O) groups is 3. The molecule has 0 aliphatic carbocycles. The fraction of sp³-hybridized carbons (Fsp3) is 0.609. The second kappa shape index (κ2) is 10.5. The van der Waals surface area contributed by atoms with Crippen LogP contribution in [0.3, 0.4) is 0 Å². The van der Waals surface area contributed by atoms with Crippen molar-refractivity contribution >= 4 is 31.5 Å². The fourth-order valence-corrected chi connectivity index (χ4v) is 3.87. The Morgan fingerprint density at radius 2 is 1.78 bits per heavy atom. The van der Waals surface area contributed by atoms with Gasteiger partial charge in [0.2, 0.25) is 5.91 Å². The molecule has 9 heteroatoms. The molecule has 2 aliphatic heterocycles. The Labute approximate surface area is 196 Å². The van der Waals surface area contributed by atoms with Crippen molar-refractivity contribution in [1.82, 2.24) is 9.80 Å². The van der Waals surface area contributed by atoms with E-state index in [1.807, 2.05) is 38.7 Å². The Bertz CT molecular complexity index is 845. The van der Waals surface area contributed by atoms with E-state index in [1.165, 1.54) is 7.11 Å². The summed E-state index contributed by atoms with van der Waals surface area (Å²) in [6.45, 7) is 9.26. The van der Waals surface area contributed by atoms with Crippen LogP contribution in [-0.2, 0) is 20.8 Å². The highest BCUT2D eigenvalue weighted by Crippen LogP contribution is 2.29. The molecule has 0 aromatic heterocycles. The molecule has 0 saturated carbocycles. The van der Waals surface area contributed by atoms with Crippen molar-refractivity contribution < 1.29 is 28.6 Å². The standard InChI is InChI=1S/C23H32N2O6.H2S/c1-15-14-30-19-12-17(21(27)29-5)6-7-18(19)13-25(15)20(26)16-8-10-24(11-9-16)22(28)31-23(2,3)4;/h6-7,12,15-16H,8-11,13-14H2,1-5H3;1H2/t15-;/m0./s1. The summed E-state index contributed by atoms with van der Waals surface area (Å²) >= 11 is 0. The molecular formula is C23H34N2O6S. The minimum Gasteiger partial charge on any atom is -0.491 e. The van der Waals surface area contributed by atoms with E-state index in [4.69, 9.17) is 14.2 Å². The van der Waals surface area contributed by atoms with Gasteiger partial charge in [0.05, 0.1) is 18.7 Å². The molecule has 0 spiro atoms. The number of hydrogen-bond acceptors (Lipinski definition) is 6. The Balaban J connectivity index is 0.00000363. The van der Waals surface area contributed by atoms with Gasteiger partial charge in [-0.05, 0) is 52.7 Å². The maximum atomic E-state index is 13.3. The second-order valence-corrected chi connectivity index (χ2v) is 9.18. The summed E-state index contributed by atoms with van der Waals surface area (Å²) in [6, 6.07) is 5.06. The number of amides is 2. The van der Waals surface area contributed by atoms with Gasteiger partial charge in [0, 0.05) is 31.1 Å². The smallest absolute Gasteiger partial charge is 0.410 e. The van der Waals surface area contributed by atoms with Gasteiger partial charge in [-0.25, -0.2) is 9.59 Å². The number of esters is 1. The van der Waals surface area contributed by atoms with Crippen LogP contribution >= 0.6 is 13.5 Å². The fourth-order valence-electron chi connectivity index (χ4n) is 3.87. The molecule has 1 saturated heterocycles. The quantitative estimate of drug-likeness (QED) is 0.622. The summed E-state index contributed by atoms with van der Waals surface area (Å²) in [5.41, 5.74) is 0.742. The minimum absolute atomic E-state index is 0. The van der Waals surface area contributed by atoms with Crippen LogP contribution in [0, 0.1) is 5.92 Å². The Kier molecular flexibility index (Phi) is 8.45. The molecule has 3 rings (SSSR count). The first-order valence-corrected chi connectivity index (χ1v) is 10.7. The zero-order chi connectivity index (χ0) is 22.8. The van der Waals surface area contributed by atoms with E-state index in [2.05, 4.69) is 0 Å². The van der Waals surface area contributed by atoms with E-state index in [9.17, 15) is 14.4 Å². The van der Waals surface area contributed by atoms with E-state index in [-0.39, 0.29) is 37.5 Å². The Morgan fingerprint density at radius 1 is 1.12 bits per heavy atom. The lowest BCUT2D eigenvalue weighted by Crippen LogP contribution is -2.48. The predicted octanol–water partition coefficient (Wildman–Crippen LogP) is 3.34. The molecule has 0 radical (unpaired) electrons. The van der Waals surface area contributed by atoms with Gasteiger partial charge in [0.25, 0.3) is 0 Å². The van der Waals surface area contributed by atoms with Crippen molar-refractivity contribution in [1.29, 1.82) is 0 Å². The van der Waals surface area contributed by atoms with Gasteiger partial charge in [-0.3, -0.25) is 4.79 Å². The van der Waals surface area contributed by atoms with Crippen molar-refractivity contribution in [2.75, 3.05) is 26.8 Å². The van der Waals surface area contributed by atoms with Crippen LogP contribution in [0.1, 0.15) is 56.5 Å². The van der Waals surface area contributed by atoms with Crippen molar-refractivity contribution in [3.63, 3.8) is 0 Å². The van der Waals surface area contributed by atoms with Gasteiger partial charge in [-0.2, -0.15) is 13.5 Å². The second-order valence-electron chi connectivity index (χ2n) is 9.18. The summed E-state index contributed by atoms with van der Waals surface area (Å²) < 4.78 is 16.1. The summed E-state index contributed by atoms with van der Waals surface area (Å²) in [7, 11) is 1.34. The number of nitrogens with zero attached hydrogens (tertiary/aromatic N) is 2. The lowest BCUT2D eigenvalue weighted by atomic mass is 9.94. The Morgan fingerprint density at radius 3 is 2.38 bits per heavy atom. The number of methoxy groups -OCH3 is 1. The van der Waals surface area contributed by atoms with Crippen LogP contribution in [0.25, 0.3) is 0 Å². The lowest BCUT2D eigenvalue weighted by Gasteiger charge is -2.36. The van der Waals surface area contributed by atoms with Crippen molar-refractivity contribution in [3.8, 4) is 5.75 Å². The number of hydrogen-bond donors (Lipinski definition) is 0. The molecule has 2 heterocycles. The molecule has 1 aromatic carbocycles. The monoisotopic (exact) mass is 466 g/mol. The maximum Gasteiger partial charge on any atom is 0.410 e. The SMILES string of the molecule is COC(=O)c1ccc2c(c1)OC[C@H](C)N(C(=O)C1CCN(C(=O)OC(C)(C)C)CC1)C2.S. The lowest BCUT2D eigenvalue weighted by molar-refractivity contribution is -0.140. The van der Waals surface area contributed by atoms with Crippen LogP contribution in [0.15, 0.2) is 18.2 Å². The van der Waals surface area contributed by atoms with Crippen LogP contribution in [0.4, 0.5) is 4.79 Å². The van der Waals surface area contributed by atoms with E-state index >= 15 is 0 Å². The molecule has 0 unspecified atom stereocenters. The number of fused-ring (bicyclic) bond motifs is 1. The van der Waals surface area contributed by atoms with Crippen molar-refractivity contribution in [3.05, 3.63) is 29.3 Å². The molecule has 1 aromatic rings. The molecule has 32 heavy (non-hydrogen) atoms. The predicted molar refractivity (Wildman–Crippen MR) is 124 cm³/mol. The molecule has 1 atom stereocenters. The van der Waals surface area contributed by atoms with Crippen molar-refractivity contribution in [2.24, 2.45) is 5.92 Å². The number of rotatable bonds is 2. The third kappa shape index (κ3) is 6.09. The zero-order valence-corrected chi connectivity index (χ0v) is 20.5.